The molecule has 3 heterocycles. The Labute approximate surface area is 200 Å². The van der Waals surface area contributed by atoms with E-state index in [2.05, 4.69) is 16.5 Å². The zero-order valence-corrected chi connectivity index (χ0v) is 19.1. The van der Waals surface area contributed by atoms with Crippen molar-refractivity contribution >= 4 is 22.8 Å². The van der Waals surface area contributed by atoms with Crippen LogP contribution in [0.2, 0.25) is 0 Å². The van der Waals surface area contributed by atoms with Crippen LogP contribution in [0.5, 0.6) is 0 Å². The van der Waals surface area contributed by atoms with Crippen molar-refractivity contribution in [3.8, 4) is 6.07 Å². The van der Waals surface area contributed by atoms with Crippen molar-refractivity contribution in [2.45, 2.75) is 25.0 Å². The van der Waals surface area contributed by atoms with E-state index >= 15 is 4.39 Å². The SMILES string of the molecule is Cc1cc(C2CC3CSC(NC(=O)c4ccccc4)=NC3(c3cc(C#N)ccc3F)CO2)on1. The molecule has 0 radical (unpaired) electrons. The molecule has 34 heavy (non-hydrogen) atoms. The van der Waals surface area contributed by atoms with Gasteiger partial charge in [-0.3, -0.25) is 4.79 Å². The first kappa shape index (κ1) is 22.3. The highest BCUT2D eigenvalue weighted by atomic mass is 32.2. The molecular weight excluding hydrogens is 455 g/mol. The van der Waals surface area contributed by atoms with E-state index in [1.54, 1.807) is 24.3 Å². The Morgan fingerprint density at radius 2 is 2.09 bits per heavy atom. The van der Waals surface area contributed by atoms with Crippen molar-refractivity contribution in [2.24, 2.45) is 10.9 Å². The number of hydrogen-bond acceptors (Lipinski definition) is 7. The van der Waals surface area contributed by atoms with E-state index in [4.69, 9.17) is 14.3 Å². The molecule has 2 aliphatic rings. The number of benzene rings is 2. The molecule has 0 saturated carbocycles. The average Bonchev–Trinajstić information content (AvgIpc) is 3.30. The van der Waals surface area contributed by atoms with Crippen molar-refractivity contribution in [1.82, 2.24) is 10.5 Å². The minimum absolute atomic E-state index is 0.0686. The minimum Gasteiger partial charge on any atom is -0.367 e. The lowest BCUT2D eigenvalue weighted by Gasteiger charge is -2.46. The Balaban J connectivity index is 1.52. The van der Waals surface area contributed by atoms with Crippen LogP contribution in [0.25, 0.3) is 0 Å². The van der Waals surface area contributed by atoms with Gasteiger partial charge in [-0.05, 0) is 43.7 Å². The monoisotopic (exact) mass is 476 g/mol. The van der Waals surface area contributed by atoms with Gasteiger partial charge in [0.05, 0.1) is 23.9 Å². The highest BCUT2D eigenvalue weighted by Crippen LogP contribution is 2.50. The standard InChI is InChI=1S/C25H21FN4O3S/c1-15-9-22(33-30-15)21-11-18-13-34-24(28-23(31)17-5-3-2-4-6-17)29-25(18,14-32-21)19-10-16(12-27)7-8-20(19)26/h2-10,18,21H,11,13-14H2,1H3,(H,28,29,31). The predicted molar refractivity (Wildman–Crippen MR) is 125 cm³/mol. The van der Waals surface area contributed by atoms with Crippen LogP contribution in [-0.2, 0) is 10.3 Å². The molecule has 3 unspecified atom stereocenters. The lowest BCUT2D eigenvalue weighted by atomic mass is 9.74. The highest BCUT2D eigenvalue weighted by Gasteiger charge is 2.50. The fraction of sp³-hybridized carbons (Fsp3) is 0.280. The van der Waals surface area contributed by atoms with Crippen LogP contribution in [0.1, 0.15) is 45.5 Å². The molecule has 7 nitrogen and oxygen atoms in total. The largest absolute Gasteiger partial charge is 0.367 e. The molecular formula is C25H21FN4O3S. The summed E-state index contributed by atoms with van der Waals surface area (Å²) in [5, 5.41) is 16.6. The number of thioether (sulfide) groups is 1. The second kappa shape index (κ2) is 9.05. The molecule has 0 aliphatic carbocycles. The summed E-state index contributed by atoms with van der Waals surface area (Å²) in [6, 6.07) is 17.0. The Morgan fingerprint density at radius 1 is 1.26 bits per heavy atom. The molecule has 3 atom stereocenters. The molecule has 1 N–H and O–H groups in total. The summed E-state index contributed by atoms with van der Waals surface area (Å²) in [6.07, 6.45) is 0.194. The van der Waals surface area contributed by atoms with Gasteiger partial charge in [-0.2, -0.15) is 5.26 Å². The van der Waals surface area contributed by atoms with Gasteiger partial charge in [0.15, 0.2) is 10.9 Å². The topological polar surface area (TPSA) is 101 Å². The normalized spacial score (nSPS) is 24.0. The van der Waals surface area contributed by atoms with Crippen LogP contribution in [0, 0.1) is 30.0 Å². The van der Waals surface area contributed by atoms with Crippen LogP contribution in [0.3, 0.4) is 0 Å². The summed E-state index contributed by atoms with van der Waals surface area (Å²) in [4.78, 5) is 17.6. The van der Waals surface area contributed by atoms with Gasteiger partial charge in [0, 0.05) is 28.9 Å². The molecule has 0 bridgehead atoms. The molecule has 1 amide bonds. The summed E-state index contributed by atoms with van der Waals surface area (Å²) >= 11 is 1.41. The lowest BCUT2D eigenvalue weighted by Crippen LogP contribution is -2.49. The molecule has 3 aromatic rings. The number of hydrogen-bond donors (Lipinski definition) is 1. The number of nitriles is 1. The fourth-order valence-electron chi connectivity index (χ4n) is 4.43. The number of aryl methyl sites for hydroxylation is 1. The average molecular weight is 477 g/mol. The zero-order chi connectivity index (χ0) is 23.7. The van der Waals surface area contributed by atoms with Gasteiger partial charge in [0.2, 0.25) is 0 Å². The molecule has 1 saturated heterocycles. The van der Waals surface area contributed by atoms with Gasteiger partial charge >= 0.3 is 0 Å². The number of rotatable bonds is 3. The van der Waals surface area contributed by atoms with Crippen LogP contribution in [0.4, 0.5) is 4.39 Å². The van der Waals surface area contributed by atoms with Gasteiger partial charge < -0.3 is 14.6 Å². The van der Waals surface area contributed by atoms with Crippen LogP contribution < -0.4 is 5.32 Å². The van der Waals surface area contributed by atoms with Gasteiger partial charge in [-0.25, -0.2) is 9.38 Å². The number of carbonyl (C=O) groups is 1. The van der Waals surface area contributed by atoms with E-state index < -0.39 is 11.4 Å². The van der Waals surface area contributed by atoms with Crippen molar-refractivity contribution in [3.05, 3.63) is 88.6 Å². The molecule has 1 aromatic heterocycles. The number of halogens is 1. The number of aromatic nitrogens is 1. The number of carbonyl (C=O) groups excluding carboxylic acids is 1. The summed E-state index contributed by atoms with van der Waals surface area (Å²) in [5.41, 5.74) is 0.786. The molecule has 0 spiro atoms. The van der Waals surface area contributed by atoms with Gasteiger partial charge in [-0.1, -0.05) is 35.1 Å². The number of ether oxygens (including phenoxy) is 1. The molecule has 2 aromatic carbocycles. The van der Waals surface area contributed by atoms with E-state index in [0.29, 0.717) is 34.2 Å². The summed E-state index contributed by atoms with van der Waals surface area (Å²) in [6.45, 7) is 1.91. The third kappa shape index (κ3) is 4.11. The number of fused-ring (bicyclic) bond motifs is 1. The smallest absolute Gasteiger partial charge is 0.257 e. The zero-order valence-electron chi connectivity index (χ0n) is 18.3. The third-order valence-electron chi connectivity index (χ3n) is 6.18. The van der Waals surface area contributed by atoms with E-state index in [0.717, 1.165) is 5.69 Å². The fourth-order valence-corrected chi connectivity index (χ4v) is 5.59. The first-order valence-electron chi connectivity index (χ1n) is 10.8. The maximum atomic E-state index is 15.2. The quantitative estimate of drug-likeness (QED) is 0.597. The minimum atomic E-state index is -1.09. The first-order valence-corrected chi connectivity index (χ1v) is 11.8. The number of nitrogens with one attached hydrogen (secondary N) is 1. The molecule has 5 rings (SSSR count). The summed E-state index contributed by atoms with van der Waals surface area (Å²) in [7, 11) is 0. The Hall–Kier alpha value is -3.48. The van der Waals surface area contributed by atoms with Crippen LogP contribution >= 0.6 is 11.8 Å². The maximum Gasteiger partial charge on any atom is 0.257 e. The van der Waals surface area contributed by atoms with E-state index in [1.165, 1.54) is 30.0 Å². The van der Waals surface area contributed by atoms with E-state index in [9.17, 15) is 10.1 Å². The summed E-state index contributed by atoms with van der Waals surface area (Å²) in [5.74, 6) is 0.318. The molecule has 172 valence electrons. The number of amidine groups is 1. The Bertz CT molecular complexity index is 1300. The van der Waals surface area contributed by atoms with Crippen molar-refractivity contribution < 1.29 is 18.4 Å². The number of aliphatic imine (C=N–C) groups is 1. The molecule has 9 heteroatoms. The second-order valence-corrected chi connectivity index (χ2v) is 9.39. The van der Waals surface area contributed by atoms with Gasteiger partial charge in [0.25, 0.3) is 5.91 Å². The van der Waals surface area contributed by atoms with Crippen LogP contribution in [0.15, 0.2) is 64.1 Å². The maximum absolute atomic E-state index is 15.2. The number of nitrogens with zero attached hydrogens (tertiary/aromatic N) is 3. The van der Waals surface area contributed by atoms with Crippen molar-refractivity contribution in [3.63, 3.8) is 0 Å². The first-order chi connectivity index (χ1) is 16.5. The second-order valence-electron chi connectivity index (χ2n) is 8.38. The van der Waals surface area contributed by atoms with Crippen molar-refractivity contribution in [1.29, 1.82) is 5.26 Å². The summed E-state index contributed by atoms with van der Waals surface area (Å²) < 4.78 is 26.7. The Morgan fingerprint density at radius 3 is 2.82 bits per heavy atom. The highest BCUT2D eigenvalue weighted by molar-refractivity contribution is 8.13. The van der Waals surface area contributed by atoms with Gasteiger partial charge in [-0.15, -0.1) is 0 Å². The van der Waals surface area contributed by atoms with Crippen LogP contribution in [-0.4, -0.2) is 28.6 Å². The third-order valence-corrected chi connectivity index (χ3v) is 7.22. The van der Waals surface area contributed by atoms with Crippen molar-refractivity contribution in [2.75, 3.05) is 12.4 Å². The number of amides is 1. The predicted octanol–water partition coefficient (Wildman–Crippen LogP) is 4.50. The molecule has 1 fully saturated rings. The molecule has 2 aliphatic heterocycles. The lowest BCUT2D eigenvalue weighted by molar-refractivity contribution is -0.0693. The van der Waals surface area contributed by atoms with E-state index in [-0.39, 0.29) is 30.1 Å². The van der Waals surface area contributed by atoms with Gasteiger partial charge in [0.1, 0.15) is 17.5 Å². The van der Waals surface area contributed by atoms with E-state index in [1.807, 2.05) is 19.1 Å². The Kier molecular flexibility index (Phi) is 5.94.